The van der Waals surface area contributed by atoms with Crippen molar-refractivity contribution in [1.29, 1.82) is 0 Å². The Balaban J connectivity index is 1.88. The van der Waals surface area contributed by atoms with Crippen LogP contribution in [0.5, 0.6) is 0 Å². The molecule has 0 aliphatic heterocycles. The molecule has 1 aromatic carbocycles. The van der Waals surface area contributed by atoms with Gasteiger partial charge in [-0.05, 0) is 32.0 Å². The van der Waals surface area contributed by atoms with E-state index >= 15 is 0 Å². The third-order valence-corrected chi connectivity index (χ3v) is 3.49. The summed E-state index contributed by atoms with van der Waals surface area (Å²) in [6.45, 7) is 4.58. The molecule has 3 aromatic rings. The van der Waals surface area contributed by atoms with Crippen LogP contribution in [0.2, 0.25) is 0 Å². The minimum Gasteiger partial charge on any atom is -0.292 e. The highest BCUT2D eigenvalue weighted by molar-refractivity contribution is 5.96. The number of para-hydroxylation sites is 1. The second-order valence-corrected chi connectivity index (χ2v) is 5.08. The van der Waals surface area contributed by atoms with Crippen molar-refractivity contribution in [2.45, 2.75) is 26.8 Å². The van der Waals surface area contributed by atoms with Crippen LogP contribution in [-0.2, 0) is 13.0 Å². The van der Waals surface area contributed by atoms with Gasteiger partial charge in [-0.15, -0.1) is 0 Å². The van der Waals surface area contributed by atoms with Gasteiger partial charge in [-0.3, -0.25) is 14.5 Å². The monoisotopic (exact) mass is 279 g/mol. The summed E-state index contributed by atoms with van der Waals surface area (Å²) in [6, 6.07) is 13.7. The van der Waals surface area contributed by atoms with Crippen molar-refractivity contribution < 1.29 is 4.79 Å². The predicted molar refractivity (Wildman–Crippen MR) is 82.4 cm³/mol. The van der Waals surface area contributed by atoms with Gasteiger partial charge in [-0.1, -0.05) is 24.3 Å². The molecule has 0 atom stereocenters. The number of Topliss-reactive ketones (excluding diaryl/α,β-unsaturated/α-hetero) is 1. The van der Waals surface area contributed by atoms with Crippen molar-refractivity contribution >= 4 is 16.7 Å². The lowest BCUT2D eigenvalue weighted by Gasteiger charge is -2.04. The first-order valence-electron chi connectivity index (χ1n) is 7.09. The highest BCUT2D eigenvalue weighted by Gasteiger charge is 2.14. The molecule has 2 heterocycles. The van der Waals surface area contributed by atoms with Gasteiger partial charge in [0.25, 0.3) is 0 Å². The molecule has 0 fully saturated rings. The van der Waals surface area contributed by atoms with Gasteiger partial charge >= 0.3 is 0 Å². The third-order valence-electron chi connectivity index (χ3n) is 3.49. The number of aromatic nitrogens is 3. The van der Waals surface area contributed by atoms with Gasteiger partial charge < -0.3 is 0 Å². The number of hydrogen-bond acceptors (Lipinski definition) is 3. The summed E-state index contributed by atoms with van der Waals surface area (Å²) in [5.74, 6) is 0.0558. The van der Waals surface area contributed by atoms with Crippen LogP contribution in [0.1, 0.15) is 28.8 Å². The number of hydrogen-bond donors (Lipinski definition) is 0. The first-order valence-corrected chi connectivity index (χ1v) is 7.09. The van der Waals surface area contributed by atoms with Gasteiger partial charge in [-0.25, -0.2) is 0 Å². The topological polar surface area (TPSA) is 47.8 Å². The number of aryl methyl sites for hydroxylation is 2. The van der Waals surface area contributed by atoms with Crippen LogP contribution < -0.4 is 0 Å². The molecule has 0 N–H and O–H groups in total. The van der Waals surface area contributed by atoms with E-state index in [0.717, 1.165) is 22.3 Å². The van der Waals surface area contributed by atoms with Crippen molar-refractivity contribution in [2.75, 3.05) is 0 Å². The Morgan fingerprint density at radius 3 is 2.81 bits per heavy atom. The molecule has 0 unspecified atom stereocenters. The SMILES string of the molecule is CCn1nc(C)cc1C(=O)Cc1ccc2ccccc2n1. The van der Waals surface area contributed by atoms with Gasteiger partial charge in [0.1, 0.15) is 5.69 Å². The average molecular weight is 279 g/mol. The smallest absolute Gasteiger partial charge is 0.186 e. The van der Waals surface area contributed by atoms with E-state index in [-0.39, 0.29) is 5.78 Å². The fourth-order valence-corrected chi connectivity index (χ4v) is 2.47. The largest absolute Gasteiger partial charge is 0.292 e. The van der Waals surface area contributed by atoms with E-state index in [9.17, 15) is 4.79 Å². The molecule has 0 amide bonds. The Labute approximate surface area is 123 Å². The minimum atomic E-state index is 0.0558. The standard InChI is InChI=1S/C17H17N3O/c1-3-20-16(10-12(2)19-20)17(21)11-14-9-8-13-6-4-5-7-15(13)18-14/h4-10H,3,11H2,1-2H3. The highest BCUT2D eigenvalue weighted by Crippen LogP contribution is 2.14. The summed E-state index contributed by atoms with van der Waals surface area (Å²) in [4.78, 5) is 17.0. The number of rotatable bonds is 4. The summed E-state index contributed by atoms with van der Waals surface area (Å²) < 4.78 is 1.75. The molecule has 3 rings (SSSR count). The molecule has 0 saturated carbocycles. The molecular formula is C17H17N3O. The van der Waals surface area contributed by atoms with Gasteiger partial charge in [0.15, 0.2) is 5.78 Å². The predicted octanol–water partition coefficient (Wildman–Crippen LogP) is 3.19. The van der Waals surface area contributed by atoms with Crippen molar-refractivity contribution in [1.82, 2.24) is 14.8 Å². The lowest BCUT2D eigenvalue weighted by atomic mass is 10.1. The van der Waals surface area contributed by atoms with Crippen LogP contribution in [0, 0.1) is 6.92 Å². The van der Waals surface area contributed by atoms with Gasteiger partial charge in [0.2, 0.25) is 0 Å². The van der Waals surface area contributed by atoms with E-state index in [1.54, 1.807) is 4.68 Å². The fraction of sp³-hybridized carbons (Fsp3) is 0.235. The Kier molecular flexibility index (Phi) is 3.52. The molecule has 21 heavy (non-hydrogen) atoms. The zero-order chi connectivity index (χ0) is 14.8. The zero-order valence-electron chi connectivity index (χ0n) is 12.2. The zero-order valence-corrected chi connectivity index (χ0v) is 12.2. The number of carbonyl (C=O) groups is 1. The lowest BCUT2D eigenvalue weighted by Crippen LogP contribution is -2.12. The summed E-state index contributed by atoms with van der Waals surface area (Å²) in [5, 5.41) is 5.40. The van der Waals surface area contributed by atoms with Crippen LogP contribution in [0.25, 0.3) is 10.9 Å². The van der Waals surface area contributed by atoms with E-state index in [2.05, 4.69) is 10.1 Å². The van der Waals surface area contributed by atoms with Crippen LogP contribution in [-0.4, -0.2) is 20.5 Å². The van der Waals surface area contributed by atoms with E-state index < -0.39 is 0 Å². The number of nitrogens with zero attached hydrogens (tertiary/aromatic N) is 3. The Morgan fingerprint density at radius 1 is 1.19 bits per heavy atom. The molecule has 106 valence electrons. The maximum absolute atomic E-state index is 12.4. The second kappa shape index (κ2) is 5.48. The third kappa shape index (κ3) is 2.70. The first kappa shape index (κ1) is 13.5. The van der Waals surface area contributed by atoms with E-state index in [4.69, 9.17) is 0 Å². The highest BCUT2D eigenvalue weighted by atomic mass is 16.1. The van der Waals surface area contributed by atoms with Gasteiger partial charge in [-0.2, -0.15) is 5.10 Å². The molecule has 2 aromatic heterocycles. The Morgan fingerprint density at radius 2 is 2.00 bits per heavy atom. The molecular weight excluding hydrogens is 262 g/mol. The van der Waals surface area contributed by atoms with Crippen LogP contribution in [0.15, 0.2) is 42.5 Å². The van der Waals surface area contributed by atoms with Crippen LogP contribution in [0.3, 0.4) is 0 Å². The van der Waals surface area contributed by atoms with Crippen LogP contribution in [0.4, 0.5) is 0 Å². The van der Waals surface area contributed by atoms with Crippen molar-refractivity contribution in [3.05, 3.63) is 59.5 Å². The molecule has 0 saturated heterocycles. The molecule has 0 radical (unpaired) electrons. The maximum Gasteiger partial charge on any atom is 0.186 e. The van der Waals surface area contributed by atoms with Crippen molar-refractivity contribution in [3.8, 4) is 0 Å². The normalized spacial score (nSPS) is 11.0. The second-order valence-electron chi connectivity index (χ2n) is 5.08. The number of pyridine rings is 1. The summed E-state index contributed by atoms with van der Waals surface area (Å²) in [5.41, 5.74) is 3.24. The number of carbonyl (C=O) groups excluding carboxylic acids is 1. The van der Waals surface area contributed by atoms with Gasteiger partial charge in [0.05, 0.1) is 17.6 Å². The number of ketones is 1. The summed E-state index contributed by atoms with van der Waals surface area (Å²) in [7, 11) is 0. The van der Waals surface area contributed by atoms with Crippen molar-refractivity contribution in [3.63, 3.8) is 0 Å². The van der Waals surface area contributed by atoms with E-state index in [0.29, 0.717) is 18.7 Å². The van der Waals surface area contributed by atoms with E-state index in [1.807, 2.05) is 56.3 Å². The molecule has 0 aliphatic carbocycles. The molecule has 4 nitrogen and oxygen atoms in total. The quantitative estimate of drug-likeness (QED) is 0.689. The Hall–Kier alpha value is -2.49. The lowest BCUT2D eigenvalue weighted by molar-refractivity contribution is 0.0982. The van der Waals surface area contributed by atoms with E-state index in [1.165, 1.54) is 0 Å². The number of fused-ring (bicyclic) bond motifs is 1. The van der Waals surface area contributed by atoms with Crippen LogP contribution >= 0.6 is 0 Å². The Bertz CT molecular complexity index is 805. The summed E-state index contributed by atoms with van der Waals surface area (Å²) in [6.07, 6.45) is 0.302. The molecule has 0 spiro atoms. The minimum absolute atomic E-state index is 0.0558. The van der Waals surface area contributed by atoms with Crippen molar-refractivity contribution in [2.24, 2.45) is 0 Å². The fourth-order valence-electron chi connectivity index (χ4n) is 2.47. The maximum atomic E-state index is 12.4. The number of benzene rings is 1. The average Bonchev–Trinajstić information content (AvgIpc) is 2.88. The summed E-state index contributed by atoms with van der Waals surface area (Å²) >= 11 is 0. The van der Waals surface area contributed by atoms with Gasteiger partial charge in [0, 0.05) is 17.6 Å². The molecule has 0 aliphatic rings. The first-order chi connectivity index (χ1) is 10.2. The molecule has 0 bridgehead atoms. The molecule has 4 heteroatoms.